The molecular weight excluding hydrogens is 315 g/mol. The normalized spacial score (nSPS) is 11.8. The zero-order valence-corrected chi connectivity index (χ0v) is 12.9. The number of rotatable bonds is 5. The van der Waals surface area contributed by atoms with Gasteiger partial charge in [-0.05, 0) is 30.3 Å². The van der Waals surface area contributed by atoms with Crippen LogP contribution < -0.4 is 0 Å². The fourth-order valence-electron chi connectivity index (χ4n) is 1.80. The van der Waals surface area contributed by atoms with E-state index in [0.717, 1.165) is 6.07 Å². The third kappa shape index (κ3) is 3.58. The first-order chi connectivity index (χ1) is 9.95. The van der Waals surface area contributed by atoms with Gasteiger partial charge in [-0.15, -0.1) is 11.6 Å². The van der Waals surface area contributed by atoms with E-state index in [2.05, 4.69) is 4.98 Å². The molecule has 0 unspecified atom stereocenters. The van der Waals surface area contributed by atoms with Gasteiger partial charge in [0.2, 0.25) is 10.0 Å². The topological polar surface area (TPSA) is 50.3 Å². The minimum absolute atomic E-state index is 0.0120. The van der Waals surface area contributed by atoms with Gasteiger partial charge in [-0.3, -0.25) is 4.98 Å². The van der Waals surface area contributed by atoms with E-state index in [1.54, 1.807) is 24.4 Å². The van der Waals surface area contributed by atoms with E-state index in [1.807, 2.05) is 0 Å². The molecule has 0 bridgehead atoms. The molecule has 7 heteroatoms. The van der Waals surface area contributed by atoms with Crippen molar-refractivity contribution in [1.82, 2.24) is 9.29 Å². The number of aromatic nitrogens is 1. The van der Waals surface area contributed by atoms with Crippen molar-refractivity contribution < 1.29 is 12.8 Å². The lowest BCUT2D eigenvalue weighted by Crippen LogP contribution is -2.27. The smallest absolute Gasteiger partial charge is 0.243 e. The SMILES string of the molecule is CN(Cc1ccccn1)S(=O)(=O)c1ccc(F)c(CCl)c1. The van der Waals surface area contributed by atoms with Crippen molar-refractivity contribution in [3.05, 3.63) is 59.7 Å². The lowest BCUT2D eigenvalue weighted by molar-refractivity contribution is 0.462. The van der Waals surface area contributed by atoms with Crippen molar-refractivity contribution >= 4 is 21.6 Å². The minimum Gasteiger partial charge on any atom is -0.260 e. The maximum atomic E-state index is 13.4. The summed E-state index contributed by atoms with van der Waals surface area (Å²) in [5.41, 5.74) is 0.784. The van der Waals surface area contributed by atoms with Crippen LogP contribution >= 0.6 is 11.6 Å². The van der Waals surface area contributed by atoms with Crippen LogP contribution in [0.5, 0.6) is 0 Å². The van der Waals surface area contributed by atoms with Crippen LogP contribution in [0.4, 0.5) is 4.39 Å². The molecule has 0 spiro atoms. The number of pyridine rings is 1. The summed E-state index contributed by atoms with van der Waals surface area (Å²) in [6.07, 6.45) is 1.60. The summed E-state index contributed by atoms with van der Waals surface area (Å²) in [7, 11) is -2.27. The average molecular weight is 329 g/mol. The van der Waals surface area contributed by atoms with Crippen LogP contribution in [0, 0.1) is 5.82 Å². The van der Waals surface area contributed by atoms with Crippen LogP contribution in [0.15, 0.2) is 47.5 Å². The number of hydrogen-bond acceptors (Lipinski definition) is 3. The summed E-state index contributed by atoms with van der Waals surface area (Å²) in [5.74, 6) is -0.601. The van der Waals surface area contributed by atoms with Gasteiger partial charge in [0.15, 0.2) is 0 Å². The molecule has 0 aliphatic carbocycles. The van der Waals surface area contributed by atoms with Gasteiger partial charge in [0, 0.05) is 18.8 Å². The second kappa shape index (κ2) is 6.51. The first-order valence-corrected chi connectivity index (χ1v) is 8.13. The average Bonchev–Trinajstić information content (AvgIpc) is 2.48. The fraction of sp³-hybridized carbons (Fsp3) is 0.214. The first-order valence-electron chi connectivity index (χ1n) is 6.16. The predicted molar refractivity (Wildman–Crippen MR) is 78.8 cm³/mol. The molecule has 1 heterocycles. The molecule has 0 radical (unpaired) electrons. The molecule has 4 nitrogen and oxygen atoms in total. The molecule has 2 aromatic rings. The summed E-state index contributed by atoms with van der Waals surface area (Å²) in [4.78, 5) is 4.10. The van der Waals surface area contributed by atoms with Gasteiger partial charge in [-0.25, -0.2) is 12.8 Å². The molecule has 2 rings (SSSR count). The first kappa shape index (κ1) is 15.9. The molecule has 0 N–H and O–H groups in total. The highest BCUT2D eigenvalue weighted by molar-refractivity contribution is 7.89. The highest BCUT2D eigenvalue weighted by atomic mass is 35.5. The Balaban J connectivity index is 2.29. The molecule has 0 amide bonds. The third-order valence-electron chi connectivity index (χ3n) is 2.98. The van der Waals surface area contributed by atoms with E-state index in [1.165, 1.54) is 23.5 Å². The maximum Gasteiger partial charge on any atom is 0.243 e. The molecule has 0 saturated heterocycles. The lowest BCUT2D eigenvalue weighted by atomic mass is 10.2. The van der Waals surface area contributed by atoms with Gasteiger partial charge in [-0.1, -0.05) is 6.07 Å². The van der Waals surface area contributed by atoms with Crippen LogP contribution in [-0.2, 0) is 22.4 Å². The van der Waals surface area contributed by atoms with Crippen LogP contribution in [0.1, 0.15) is 11.3 Å². The van der Waals surface area contributed by atoms with Crippen molar-refractivity contribution in [3.63, 3.8) is 0 Å². The van der Waals surface area contributed by atoms with E-state index < -0.39 is 15.8 Å². The molecule has 1 aromatic heterocycles. The number of sulfonamides is 1. The van der Waals surface area contributed by atoms with Crippen molar-refractivity contribution in [1.29, 1.82) is 0 Å². The van der Waals surface area contributed by atoms with Crippen LogP contribution in [0.2, 0.25) is 0 Å². The molecule has 0 fully saturated rings. The monoisotopic (exact) mass is 328 g/mol. The Morgan fingerprint density at radius 2 is 2.05 bits per heavy atom. The van der Waals surface area contributed by atoms with E-state index in [4.69, 9.17) is 11.6 Å². The Bertz CT molecular complexity index is 723. The second-order valence-corrected chi connectivity index (χ2v) is 6.78. The van der Waals surface area contributed by atoms with Crippen LogP contribution in [0.3, 0.4) is 0 Å². The number of hydrogen-bond donors (Lipinski definition) is 0. The second-order valence-electron chi connectivity index (χ2n) is 4.47. The minimum atomic E-state index is -3.72. The maximum absolute atomic E-state index is 13.4. The van der Waals surface area contributed by atoms with E-state index in [-0.39, 0.29) is 22.9 Å². The summed E-state index contributed by atoms with van der Waals surface area (Å²) >= 11 is 5.61. The standard InChI is InChI=1S/C14H14ClFN2O2S/c1-18(10-12-4-2-3-7-17-12)21(19,20)13-5-6-14(16)11(8-13)9-15/h2-8H,9-10H2,1H3. The quantitative estimate of drug-likeness (QED) is 0.793. The molecule has 0 aliphatic rings. The van der Waals surface area contributed by atoms with E-state index >= 15 is 0 Å². The van der Waals surface area contributed by atoms with Gasteiger partial charge < -0.3 is 0 Å². The fourth-order valence-corrected chi connectivity index (χ4v) is 3.20. The van der Waals surface area contributed by atoms with E-state index in [0.29, 0.717) is 5.69 Å². The van der Waals surface area contributed by atoms with E-state index in [9.17, 15) is 12.8 Å². The predicted octanol–water partition coefficient (Wildman–Crippen LogP) is 2.78. The summed E-state index contributed by atoms with van der Waals surface area (Å²) in [5, 5.41) is 0. The molecule has 0 aliphatic heterocycles. The Labute approximate surface area is 128 Å². The van der Waals surface area contributed by atoms with Gasteiger partial charge in [-0.2, -0.15) is 4.31 Å². The number of halogens is 2. The Morgan fingerprint density at radius 3 is 2.67 bits per heavy atom. The highest BCUT2D eigenvalue weighted by Gasteiger charge is 2.22. The zero-order valence-electron chi connectivity index (χ0n) is 11.3. The molecule has 1 aromatic carbocycles. The van der Waals surface area contributed by atoms with Crippen LogP contribution in [-0.4, -0.2) is 24.8 Å². The molecule has 112 valence electrons. The molecule has 21 heavy (non-hydrogen) atoms. The van der Waals surface area contributed by atoms with Gasteiger partial charge >= 0.3 is 0 Å². The van der Waals surface area contributed by atoms with Gasteiger partial charge in [0.25, 0.3) is 0 Å². The zero-order chi connectivity index (χ0) is 15.5. The summed E-state index contributed by atoms with van der Waals surface area (Å²) < 4.78 is 39.5. The molecular formula is C14H14ClFN2O2S. The third-order valence-corrected chi connectivity index (χ3v) is 5.07. The molecule has 0 saturated carbocycles. The highest BCUT2D eigenvalue weighted by Crippen LogP contribution is 2.20. The van der Waals surface area contributed by atoms with Crippen molar-refractivity contribution in [2.24, 2.45) is 0 Å². The van der Waals surface area contributed by atoms with Crippen molar-refractivity contribution in [2.45, 2.75) is 17.3 Å². The number of nitrogens with zero attached hydrogens (tertiary/aromatic N) is 2. The van der Waals surface area contributed by atoms with Gasteiger partial charge in [0.1, 0.15) is 5.82 Å². The summed E-state index contributed by atoms with van der Waals surface area (Å²) in [6.45, 7) is 0.136. The summed E-state index contributed by atoms with van der Waals surface area (Å²) in [6, 6.07) is 8.87. The Hall–Kier alpha value is -1.50. The Kier molecular flexibility index (Phi) is 4.92. The number of benzene rings is 1. The van der Waals surface area contributed by atoms with Gasteiger partial charge in [0.05, 0.1) is 23.0 Å². The van der Waals surface area contributed by atoms with Crippen molar-refractivity contribution in [3.8, 4) is 0 Å². The largest absolute Gasteiger partial charge is 0.260 e. The van der Waals surface area contributed by atoms with Crippen molar-refractivity contribution in [2.75, 3.05) is 7.05 Å². The molecule has 0 atom stereocenters. The number of alkyl halides is 1. The lowest BCUT2D eigenvalue weighted by Gasteiger charge is -2.17. The van der Waals surface area contributed by atoms with Crippen LogP contribution in [0.25, 0.3) is 0 Å². The Morgan fingerprint density at radius 1 is 1.29 bits per heavy atom.